The Morgan fingerprint density at radius 2 is 1.13 bits per heavy atom. The minimum atomic E-state index is -0.716. The second kappa shape index (κ2) is 18.7. The predicted octanol–water partition coefficient (Wildman–Crippen LogP) is 5.41. The van der Waals surface area contributed by atoms with Gasteiger partial charge in [0.05, 0.1) is 0 Å². The van der Waals surface area contributed by atoms with Crippen LogP contribution in [-0.2, 0) is 4.79 Å². The molecule has 0 saturated heterocycles. The van der Waals surface area contributed by atoms with Crippen molar-refractivity contribution in [3.05, 3.63) is 36.5 Å². The van der Waals surface area contributed by atoms with Crippen LogP contribution >= 0.6 is 0 Å². The van der Waals surface area contributed by atoms with Gasteiger partial charge in [0.2, 0.25) is 0 Å². The number of carboxylic acid groups (broad SMARTS) is 1. The Kier molecular flexibility index (Phi) is 17.6. The Hall–Kier alpha value is -1.35. The lowest BCUT2D eigenvalue weighted by Crippen LogP contribution is -1.92. The van der Waals surface area contributed by atoms with Crippen molar-refractivity contribution in [3.63, 3.8) is 0 Å². The minimum Gasteiger partial charge on any atom is -0.481 e. The summed E-state index contributed by atoms with van der Waals surface area (Å²) in [5.41, 5.74) is 0. The topological polar surface area (TPSA) is 57.5 Å². The molecule has 0 aliphatic rings. The molecule has 0 aromatic carbocycles. The second-order valence-electron chi connectivity index (χ2n) is 5.81. The predicted molar refractivity (Wildman–Crippen MR) is 97.5 cm³/mol. The summed E-state index contributed by atoms with van der Waals surface area (Å²) in [4.78, 5) is 10.3. The molecule has 0 radical (unpaired) electrons. The first kappa shape index (κ1) is 21.6. The molecule has 0 aliphatic carbocycles. The van der Waals surface area contributed by atoms with Crippen molar-refractivity contribution < 1.29 is 15.0 Å². The number of hydrogen-bond acceptors (Lipinski definition) is 2. The molecule has 0 aromatic heterocycles. The first-order valence-corrected chi connectivity index (χ1v) is 9.05. The van der Waals surface area contributed by atoms with Crippen LogP contribution < -0.4 is 0 Å². The molecule has 0 amide bonds. The van der Waals surface area contributed by atoms with Crippen molar-refractivity contribution in [3.8, 4) is 0 Å². The molecular weight excluding hydrogens is 288 g/mol. The molecule has 3 heteroatoms. The SMILES string of the molecule is O=C(O)CCC/C=C\C/C=C\C/C=C\CCCCCCCCO. The molecule has 0 bridgehead atoms. The maximum Gasteiger partial charge on any atom is 0.303 e. The van der Waals surface area contributed by atoms with E-state index in [2.05, 4.69) is 36.5 Å². The number of carboxylic acids is 1. The third-order valence-corrected chi connectivity index (χ3v) is 3.58. The highest BCUT2D eigenvalue weighted by Gasteiger charge is 1.92. The van der Waals surface area contributed by atoms with Gasteiger partial charge in [0.1, 0.15) is 0 Å². The Labute approximate surface area is 141 Å². The number of allylic oxidation sites excluding steroid dienone is 6. The number of aliphatic carboxylic acids is 1. The van der Waals surface area contributed by atoms with Crippen LogP contribution in [0.1, 0.15) is 77.0 Å². The number of aliphatic hydroxyl groups excluding tert-OH is 1. The largest absolute Gasteiger partial charge is 0.481 e. The van der Waals surface area contributed by atoms with Crippen molar-refractivity contribution in [2.24, 2.45) is 0 Å². The fraction of sp³-hybridized carbons (Fsp3) is 0.650. The Balaban J connectivity index is 3.29. The fourth-order valence-electron chi connectivity index (χ4n) is 2.23. The van der Waals surface area contributed by atoms with Crippen molar-refractivity contribution in [1.82, 2.24) is 0 Å². The highest BCUT2D eigenvalue weighted by molar-refractivity contribution is 5.66. The molecule has 0 fully saturated rings. The van der Waals surface area contributed by atoms with Gasteiger partial charge in [-0.05, 0) is 44.9 Å². The third kappa shape index (κ3) is 20.6. The van der Waals surface area contributed by atoms with Crippen LogP contribution in [0.2, 0.25) is 0 Å². The number of unbranched alkanes of at least 4 members (excludes halogenated alkanes) is 7. The van der Waals surface area contributed by atoms with E-state index in [4.69, 9.17) is 10.2 Å². The summed E-state index contributed by atoms with van der Waals surface area (Å²) in [6.45, 7) is 0.330. The maximum absolute atomic E-state index is 10.3. The fourth-order valence-corrected chi connectivity index (χ4v) is 2.23. The molecule has 23 heavy (non-hydrogen) atoms. The van der Waals surface area contributed by atoms with Crippen molar-refractivity contribution in [1.29, 1.82) is 0 Å². The molecule has 132 valence electrons. The van der Waals surface area contributed by atoms with Gasteiger partial charge in [-0.25, -0.2) is 0 Å². The second-order valence-corrected chi connectivity index (χ2v) is 5.81. The molecule has 0 rings (SSSR count). The summed E-state index contributed by atoms with van der Waals surface area (Å²) in [7, 11) is 0. The van der Waals surface area contributed by atoms with Gasteiger partial charge in [-0.3, -0.25) is 4.79 Å². The summed E-state index contributed by atoms with van der Waals surface area (Å²) >= 11 is 0. The van der Waals surface area contributed by atoms with E-state index in [0.717, 1.165) is 44.9 Å². The lowest BCUT2D eigenvalue weighted by atomic mass is 10.1. The van der Waals surface area contributed by atoms with E-state index >= 15 is 0 Å². The molecule has 0 spiro atoms. The summed E-state index contributed by atoms with van der Waals surface area (Å²) < 4.78 is 0. The Bertz CT molecular complexity index is 343. The van der Waals surface area contributed by atoms with E-state index in [0.29, 0.717) is 6.61 Å². The molecule has 0 saturated carbocycles. The molecule has 0 unspecified atom stereocenters. The van der Waals surface area contributed by atoms with Gasteiger partial charge in [-0.1, -0.05) is 62.1 Å². The number of rotatable bonds is 16. The zero-order valence-corrected chi connectivity index (χ0v) is 14.5. The van der Waals surface area contributed by atoms with Crippen molar-refractivity contribution in [2.75, 3.05) is 6.61 Å². The summed E-state index contributed by atoms with van der Waals surface area (Å²) in [5.74, 6) is -0.716. The lowest BCUT2D eigenvalue weighted by Gasteiger charge is -1.98. The number of hydrogen-bond donors (Lipinski definition) is 2. The van der Waals surface area contributed by atoms with Crippen LogP contribution in [-0.4, -0.2) is 22.8 Å². The smallest absolute Gasteiger partial charge is 0.303 e. The van der Waals surface area contributed by atoms with Crippen LogP contribution in [0, 0.1) is 0 Å². The first-order chi connectivity index (χ1) is 11.3. The minimum absolute atomic E-state index is 0.258. The molecule has 0 heterocycles. The normalized spacial score (nSPS) is 12.0. The van der Waals surface area contributed by atoms with Gasteiger partial charge < -0.3 is 10.2 Å². The van der Waals surface area contributed by atoms with Crippen LogP contribution in [0.4, 0.5) is 0 Å². The van der Waals surface area contributed by atoms with E-state index in [9.17, 15) is 4.79 Å². The highest BCUT2D eigenvalue weighted by atomic mass is 16.4. The van der Waals surface area contributed by atoms with Gasteiger partial charge in [-0.2, -0.15) is 0 Å². The Morgan fingerprint density at radius 1 is 0.652 bits per heavy atom. The summed E-state index contributed by atoms with van der Waals surface area (Å²) in [5, 5.41) is 17.2. The van der Waals surface area contributed by atoms with E-state index in [1.165, 1.54) is 25.7 Å². The van der Waals surface area contributed by atoms with Gasteiger partial charge in [0.15, 0.2) is 0 Å². The maximum atomic E-state index is 10.3. The van der Waals surface area contributed by atoms with Crippen molar-refractivity contribution >= 4 is 5.97 Å². The summed E-state index contributed by atoms with van der Waals surface area (Å²) in [6.07, 6.45) is 25.1. The zero-order chi connectivity index (χ0) is 17.0. The molecule has 3 nitrogen and oxygen atoms in total. The van der Waals surface area contributed by atoms with E-state index in [-0.39, 0.29) is 6.42 Å². The zero-order valence-electron chi connectivity index (χ0n) is 14.5. The standard InChI is InChI=1S/C20H34O3/c21-19-17-15-13-11-9-7-5-3-1-2-4-6-8-10-12-14-16-18-20(22)23/h1,3-4,6,10,12,21H,2,5,7-9,11,13-19H2,(H,22,23)/b3-1-,6-4-,12-10-. The first-order valence-electron chi connectivity index (χ1n) is 9.05. The monoisotopic (exact) mass is 322 g/mol. The van der Waals surface area contributed by atoms with Crippen LogP contribution in [0.15, 0.2) is 36.5 Å². The van der Waals surface area contributed by atoms with E-state index < -0.39 is 5.97 Å². The van der Waals surface area contributed by atoms with Crippen LogP contribution in [0.3, 0.4) is 0 Å². The Morgan fingerprint density at radius 3 is 1.70 bits per heavy atom. The van der Waals surface area contributed by atoms with Gasteiger partial charge in [0.25, 0.3) is 0 Å². The molecule has 0 aromatic rings. The summed E-state index contributed by atoms with van der Waals surface area (Å²) in [6, 6.07) is 0. The highest BCUT2D eigenvalue weighted by Crippen LogP contribution is 2.07. The van der Waals surface area contributed by atoms with Gasteiger partial charge >= 0.3 is 5.97 Å². The van der Waals surface area contributed by atoms with E-state index in [1.807, 2.05) is 0 Å². The van der Waals surface area contributed by atoms with Crippen molar-refractivity contribution in [2.45, 2.75) is 77.0 Å². The average Bonchev–Trinajstić information content (AvgIpc) is 2.53. The molecular formula is C20H34O3. The van der Waals surface area contributed by atoms with Gasteiger partial charge in [-0.15, -0.1) is 0 Å². The quantitative estimate of drug-likeness (QED) is 0.295. The number of aliphatic hydroxyl groups is 1. The lowest BCUT2D eigenvalue weighted by molar-refractivity contribution is -0.137. The van der Waals surface area contributed by atoms with E-state index in [1.54, 1.807) is 0 Å². The van der Waals surface area contributed by atoms with Crippen LogP contribution in [0.25, 0.3) is 0 Å². The molecule has 0 aliphatic heterocycles. The molecule has 0 atom stereocenters. The van der Waals surface area contributed by atoms with Gasteiger partial charge in [0, 0.05) is 13.0 Å². The average molecular weight is 322 g/mol. The number of carbonyl (C=O) groups is 1. The molecule has 2 N–H and O–H groups in total. The third-order valence-electron chi connectivity index (χ3n) is 3.58. The van der Waals surface area contributed by atoms with Crippen LogP contribution in [0.5, 0.6) is 0 Å².